The van der Waals surface area contributed by atoms with Crippen LogP contribution in [0.3, 0.4) is 0 Å². The number of hydrogen-bond acceptors (Lipinski definition) is 3. The maximum atomic E-state index is 9.60. The molecule has 0 bridgehead atoms. The summed E-state index contributed by atoms with van der Waals surface area (Å²) in [6.45, 7) is 9.57. The Kier molecular flexibility index (Phi) is 5.06. The molecule has 1 heterocycles. The number of aliphatic hydroxyl groups is 1. The molecule has 1 aromatic rings. The van der Waals surface area contributed by atoms with Gasteiger partial charge in [0.05, 0.1) is 6.61 Å². The number of hydrogen-bond donors (Lipinski definition) is 2. The molecular weight excluding hydrogens is 248 g/mol. The van der Waals surface area contributed by atoms with Crippen LogP contribution in [0.5, 0.6) is 0 Å². The summed E-state index contributed by atoms with van der Waals surface area (Å²) < 4.78 is 0. The first-order valence-electron chi connectivity index (χ1n) is 7.78. The second-order valence-electron chi connectivity index (χ2n) is 6.22. The fourth-order valence-corrected chi connectivity index (χ4v) is 3.07. The molecule has 0 spiro atoms. The summed E-state index contributed by atoms with van der Waals surface area (Å²) in [6, 6.07) is 6.77. The van der Waals surface area contributed by atoms with Crippen LogP contribution < -0.4 is 10.2 Å². The molecule has 0 saturated heterocycles. The van der Waals surface area contributed by atoms with Crippen LogP contribution in [0.2, 0.25) is 0 Å². The Balaban J connectivity index is 2.05. The lowest BCUT2D eigenvalue weighted by molar-refractivity contribution is 0.169. The molecule has 0 fully saturated rings. The van der Waals surface area contributed by atoms with Crippen LogP contribution in [0.15, 0.2) is 18.2 Å². The first-order valence-corrected chi connectivity index (χ1v) is 7.78. The van der Waals surface area contributed by atoms with Crippen molar-refractivity contribution in [2.45, 2.75) is 45.6 Å². The number of rotatable bonds is 6. The molecule has 0 radical (unpaired) electrons. The first-order chi connectivity index (χ1) is 9.58. The van der Waals surface area contributed by atoms with Gasteiger partial charge in [-0.1, -0.05) is 24.6 Å². The Bertz CT molecular complexity index is 447. The van der Waals surface area contributed by atoms with E-state index in [1.165, 1.54) is 29.7 Å². The van der Waals surface area contributed by atoms with Crippen LogP contribution in [0, 0.1) is 6.92 Å². The number of aliphatic hydroxyl groups excluding tert-OH is 1. The molecule has 1 atom stereocenters. The van der Waals surface area contributed by atoms with E-state index in [1.807, 2.05) is 0 Å². The van der Waals surface area contributed by atoms with Gasteiger partial charge in [-0.05, 0) is 51.3 Å². The van der Waals surface area contributed by atoms with Crippen molar-refractivity contribution in [3.8, 4) is 0 Å². The Hall–Kier alpha value is -1.06. The molecule has 112 valence electrons. The molecule has 20 heavy (non-hydrogen) atoms. The molecule has 0 saturated carbocycles. The van der Waals surface area contributed by atoms with E-state index in [2.05, 4.69) is 49.2 Å². The van der Waals surface area contributed by atoms with Gasteiger partial charge < -0.3 is 15.3 Å². The highest BCUT2D eigenvalue weighted by Gasteiger charge is 2.24. The molecular formula is C17H28N2O. The number of aryl methyl sites for hydroxylation is 2. The minimum Gasteiger partial charge on any atom is -0.394 e. The maximum Gasteiger partial charge on any atom is 0.0611 e. The van der Waals surface area contributed by atoms with Gasteiger partial charge in [0.1, 0.15) is 0 Å². The smallest absolute Gasteiger partial charge is 0.0611 e. The number of fused-ring (bicyclic) bond motifs is 1. The van der Waals surface area contributed by atoms with Crippen molar-refractivity contribution >= 4 is 5.69 Å². The molecule has 1 aromatic carbocycles. The molecule has 1 aliphatic rings. The van der Waals surface area contributed by atoms with Crippen molar-refractivity contribution in [2.75, 3.05) is 31.1 Å². The summed E-state index contributed by atoms with van der Waals surface area (Å²) in [5.74, 6) is 0. The summed E-state index contributed by atoms with van der Waals surface area (Å²) >= 11 is 0. The van der Waals surface area contributed by atoms with Gasteiger partial charge in [0.2, 0.25) is 0 Å². The van der Waals surface area contributed by atoms with E-state index in [4.69, 9.17) is 0 Å². The van der Waals surface area contributed by atoms with Gasteiger partial charge in [-0.25, -0.2) is 0 Å². The zero-order valence-electron chi connectivity index (χ0n) is 13.1. The summed E-state index contributed by atoms with van der Waals surface area (Å²) in [4.78, 5) is 2.48. The van der Waals surface area contributed by atoms with Crippen molar-refractivity contribution in [3.05, 3.63) is 29.3 Å². The Morgan fingerprint density at radius 3 is 2.90 bits per heavy atom. The highest BCUT2D eigenvalue weighted by molar-refractivity contribution is 5.56. The van der Waals surface area contributed by atoms with Gasteiger partial charge in [-0.3, -0.25) is 0 Å². The zero-order valence-corrected chi connectivity index (χ0v) is 13.1. The quantitative estimate of drug-likeness (QED) is 0.838. The third-order valence-electron chi connectivity index (χ3n) is 4.34. The summed E-state index contributed by atoms with van der Waals surface area (Å²) in [6.07, 6.45) is 3.39. The Morgan fingerprint density at radius 1 is 1.40 bits per heavy atom. The molecule has 2 N–H and O–H groups in total. The minimum absolute atomic E-state index is 0.170. The summed E-state index contributed by atoms with van der Waals surface area (Å²) in [7, 11) is 0. The lowest BCUT2D eigenvalue weighted by Crippen LogP contribution is -2.48. The fraction of sp³-hybridized carbons (Fsp3) is 0.647. The van der Waals surface area contributed by atoms with Crippen molar-refractivity contribution in [2.24, 2.45) is 0 Å². The third kappa shape index (κ3) is 3.53. The van der Waals surface area contributed by atoms with Crippen LogP contribution in [-0.4, -0.2) is 36.9 Å². The van der Waals surface area contributed by atoms with E-state index < -0.39 is 0 Å². The van der Waals surface area contributed by atoms with E-state index in [9.17, 15) is 5.11 Å². The molecule has 3 nitrogen and oxygen atoms in total. The SMILES string of the molecule is CCNC(C)(CO)CCN1CCCc2cc(C)ccc21. The normalized spacial score (nSPS) is 17.7. The number of nitrogens with one attached hydrogen (secondary N) is 1. The Labute approximate surface area is 123 Å². The van der Waals surface area contributed by atoms with Crippen LogP contribution in [-0.2, 0) is 6.42 Å². The van der Waals surface area contributed by atoms with E-state index in [0.29, 0.717) is 0 Å². The monoisotopic (exact) mass is 276 g/mol. The number of anilines is 1. The third-order valence-corrected chi connectivity index (χ3v) is 4.34. The van der Waals surface area contributed by atoms with E-state index in [0.717, 1.165) is 26.1 Å². The second-order valence-corrected chi connectivity index (χ2v) is 6.22. The van der Waals surface area contributed by atoms with Crippen molar-refractivity contribution in [3.63, 3.8) is 0 Å². The average Bonchev–Trinajstić information content (AvgIpc) is 2.45. The number of nitrogens with zero attached hydrogens (tertiary/aromatic N) is 1. The minimum atomic E-state index is -0.170. The predicted octanol–water partition coefficient (Wildman–Crippen LogP) is 2.50. The number of likely N-dealkylation sites (N-methyl/N-ethyl adjacent to an activating group) is 1. The van der Waals surface area contributed by atoms with Gasteiger partial charge in [0.25, 0.3) is 0 Å². The van der Waals surface area contributed by atoms with Crippen LogP contribution in [0.1, 0.15) is 37.8 Å². The second kappa shape index (κ2) is 6.59. The highest BCUT2D eigenvalue weighted by atomic mass is 16.3. The zero-order chi connectivity index (χ0) is 14.6. The van der Waals surface area contributed by atoms with E-state index in [-0.39, 0.29) is 12.1 Å². The number of benzene rings is 1. The predicted molar refractivity (Wildman–Crippen MR) is 85.5 cm³/mol. The Morgan fingerprint density at radius 2 is 2.20 bits per heavy atom. The first kappa shape index (κ1) is 15.3. The fourth-order valence-electron chi connectivity index (χ4n) is 3.07. The van der Waals surface area contributed by atoms with Gasteiger partial charge in [0, 0.05) is 24.3 Å². The molecule has 2 rings (SSSR count). The van der Waals surface area contributed by atoms with Crippen molar-refractivity contribution in [1.82, 2.24) is 5.32 Å². The van der Waals surface area contributed by atoms with Gasteiger partial charge >= 0.3 is 0 Å². The standard InChI is InChI=1S/C17H28N2O/c1-4-18-17(3,13-20)9-11-19-10-5-6-15-12-14(2)7-8-16(15)19/h7-8,12,18,20H,4-6,9-11,13H2,1-3H3. The molecule has 1 aliphatic heterocycles. The van der Waals surface area contributed by atoms with Gasteiger partial charge in [-0.15, -0.1) is 0 Å². The largest absolute Gasteiger partial charge is 0.394 e. The molecule has 0 amide bonds. The lowest BCUT2D eigenvalue weighted by atomic mass is 9.95. The van der Waals surface area contributed by atoms with Gasteiger partial charge in [0.15, 0.2) is 0 Å². The van der Waals surface area contributed by atoms with E-state index in [1.54, 1.807) is 0 Å². The van der Waals surface area contributed by atoms with Crippen LogP contribution in [0.4, 0.5) is 5.69 Å². The molecule has 1 unspecified atom stereocenters. The molecule has 3 heteroatoms. The highest BCUT2D eigenvalue weighted by Crippen LogP contribution is 2.28. The van der Waals surface area contributed by atoms with E-state index >= 15 is 0 Å². The van der Waals surface area contributed by atoms with Crippen LogP contribution in [0.25, 0.3) is 0 Å². The molecule has 0 aromatic heterocycles. The summed E-state index contributed by atoms with van der Waals surface area (Å²) in [5, 5.41) is 13.0. The average molecular weight is 276 g/mol. The molecule has 0 aliphatic carbocycles. The topological polar surface area (TPSA) is 35.5 Å². The van der Waals surface area contributed by atoms with Crippen molar-refractivity contribution < 1.29 is 5.11 Å². The van der Waals surface area contributed by atoms with Gasteiger partial charge in [-0.2, -0.15) is 0 Å². The van der Waals surface area contributed by atoms with Crippen LogP contribution >= 0.6 is 0 Å². The maximum absolute atomic E-state index is 9.60. The van der Waals surface area contributed by atoms with Crippen molar-refractivity contribution in [1.29, 1.82) is 0 Å². The summed E-state index contributed by atoms with van der Waals surface area (Å²) in [5.41, 5.74) is 4.04. The lowest BCUT2D eigenvalue weighted by Gasteiger charge is -2.36.